The monoisotopic (exact) mass is 219 g/mol. The van der Waals surface area contributed by atoms with Crippen molar-refractivity contribution in [1.29, 1.82) is 0 Å². The lowest BCUT2D eigenvalue weighted by Crippen LogP contribution is -2.02. The van der Waals surface area contributed by atoms with Crippen molar-refractivity contribution in [2.45, 2.75) is 20.3 Å². The number of hydrogen-bond donors (Lipinski definition) is 1. The van der Waals surface area contributed by atoms with Gasteiger partial charge in [-0.15, -0.1) is 0 Å². The Morgan fingerprint density at radius 1 is 1.25 bits per heavy atom. The Morgan fingerprint density at radius 2 is 1.88 bits per heavy atom. The molecule has 1 N–H and O–H groups in total. The van der Waals surface area contributed by atoms with E-state index in [0.29, 0.717) is 6.42 Å². The van der Waals surface area contributed by atoms with Crippen LogP contribution in [-0.2, 0) is 13.5 Å². The van der Waals surface area contributed by atoms with Crippen LogP contribution in [0.5, 0.6) is 0 Å². The van der Waals surface area contributed by atoms with Crippen molar-refractivity contribution in [2.75, 3.05) is 6.61 Å². The Balaban J connectivity index is 2.45. The van der Waals surface area contributed by atoms with Gasteiger partial charge in [0.1, 0.15) is 0 Å². The van der Waals surface area contributed by atoms with E-state index in [0.717, 1.165) is 11.5 Å². The van der Waals surface area contributed by atoms with Gasteiger partial charge in [0, 0.05) is 43.2 Å². The second kappa shape index (κ2) is 4.14. The highest BCUT2D eigenvalue weighted by atomic mass is 16.3. The number of aliphatic hydroxyl groups excluding tert-OH is 1. The van der Waals surface area contributed by atoms with E-state index in [1.165, 1.54) is 11.4 Å². The first-order valence-corrected chi connectivity index (χ1v) is 5.42. The zero-order valence-electron chi connectivity index (χ0n) is 9.94. The zero-order chi connectivity index (χ0) is 11.7. The summed E-state index contributed by atoms with van der Waals surface area (Å²) in [5, 5.41) is 13.4. The molecule has 0 fully saturated rings. The summed E-state index contributed by atoms with van der Waals surface area (Å²) in [6.07, 6.45) is 0.642. The van der Waals surface area contributed by atoms with Crippen molar-refractivity contribution >= 4 is 0 Å². The van der Waals surface area contributed by atoms with Crippen molar-refractivity contribution in [3.05, 3.63) is 35.3 Å². The first-order valence-electron chi connectivity index (χ1n) is 5.42. The minimum Gasteiger partial charge on any atom is -0.396 e. The van der Waals surface area contributed by atoms with Gasteiger partial charge in [0.05, 0.1) is 0 Å². The highest BCUT2D eigenvalue weighted by Gasteiger charge is 2.09. The number of rotatable bonds is 3. The van der Waals surface area contributed by atoms with Gasteiger partial charge in [-0.25, -0.2) is 0 Å². The summed E-state index contributed by atoms with van der Waals surface area (Å²) in [4.78, 5) is 0. The lowest BCUT2D eigenvalue weighted by molar-refractivity contribution is 0.296. The van der Waals surface area contributed by atoms with Crippen molar-refractivity contribution < 1.29 is 5.11 Å². The molecule has 0 bridgehead atoms. The van der Waals surface area contributed by atoms with E-state index in [-0.39, 0.29) is 6.61 Å². The van der Waals surface area contributed by atoms with Crippen molar-refractivity contribution in [3.63, 3.8) is 0 Å². The highest BCUT2D eigenvalue weighted by molar-refractivity contribution is 5.32. The standard InChI is InChI=1S/C12H17N3O/c1-9-4-5-10(2)15(9)12-8-11(6-7-16)14(3)13-12/h4-5,8,16H,6-7H2,1-3H3. The van der Waals surface area contributed by atoms with E-state index in [2.05, 4.69) is 35.6 Å². The minimum absolute atomic E-state index is 0.155. The van der Waals surface area contributed by atoms with Gasteiger partial charge < -0.3 is 9.67 Å². The molecule has 0 aliphatic carbocycles. The number of aromatic nitrogens is 3. The third kappa shape index (κ3) is 1.76. The number of hydrogen-bond acceptors (Lipinski definition) is 2. The Bertz CT molecular complexity index is 477. The van der Waals surface area contributed by atoms with Crippen LogP contribution in [0.2, 0.25) is 0 Å². The predicted molar refractivity (Wildman–Crippen MR) is 62.8 cm³/mol. The molecule has 16 heavy (non-hydrogen) atoms. The van der Waals surface area contributed by atoms with E-state index in [1.807, 2.05) is 17.8 Å². The summed E-state index contributed by atoms with van der Waals surface area (Å²) < 4.78 is 3.94. The van der Waals surface area contributed by atoms with Crippen LogP contribution in [0.3, 0.4) is 0 Å². The fraction of sp³-hybridized carbons (Fsp3) is 0.417. The van der Waals surface area contributed by atoms with E-state index < -0.39 is 0 Å². The van der Waals surface area contributed by atoms with Crippen LogP contribution in [0, 0.1) is 13.8 Å². The first-order chi connectivity index (χ1) is 7.63. The fourth-order valence-electron chi connectivity index (χ4n) is 1.98. The molecule has 0 amide bonds. The maximum Gasteiger partial charge on any atom is 0.159 e. The summed E-state index contributed by atoms with van der Waals surface area (Å²) in [5.41, 5.74) is 3.39. The maximum atomic E-state index is 8.95. The Morgan fingerprint density at radius 3 is 2.44 bits per heavy atom. The molecule has 0 spiro atoms. The molecule has 2 aromatic rings. The topological polar surface area (TPSA) is 43.0 Å². The molecular formula is C12H17N3O. The van der Waals surface area contributed by atoms with Gasteiger partial charge in [-0.05, 0) is 26.0 Å². The van der Waals surface area contributed by atoms with Gasteiger partial charge in [-0.1, -0.05) is 0 Å². The molecule has 0 radical (unpaired) electrons. The molecule has 0 aliphatic rings. The average molecular weight is 219 g/mol. The Labute approximate surface area is 95.1 Å². The molecule has 86 valence electrons. The summed E-state index contributed by atoms with van der Waals surface area (Å²) in [6, 6.07) is 6.18. The van der Waals surface area contributed by atoms with Gasteiger partial charge in [-0.2, -0.15) is 5.10 Å². The van der Waals surface area contributed by atoms with Crippen LogP contribution in [-0.4, -0.2) is 26.1 Å². The van der Waals surface area contributed by atoms with Crippen LogP contribution in [0.1, 0.15) is 17.1 Å². The molecule has 0 aliphatic heterocycles. The lowest BCUT2D eigenvalue weighted by atomic mass is 10.3. The van der Waals surface area contributed by atoms with E-state index in [9.17, 15) is 0 Å². The number of aryl methyl sites for hydroxylation is 3. The molecule has 4 nitrogen and oxygen atoms in total. The summed E-state index contributed by atoms with van der Waals surface area (Å²) in [7, 11) is 1.91. The molecule has 4 heteroatoms. The van der Waals surface area contributed by atoms with Gasteiger partial charge in [-0.3, -0.25) is 4.68 Å². The third-order valence-electron chi connectivity index (χ3n) is 2.83. The Hall–Kier alpha value is -1.55. The van der Waals surface area contributed by atoms with Gasteiger partial charge in [0.2, 0.25) is 0 Å². The molecular weight excluding hydrogens is 202 g/mol. The summed E-state index contributed by atoms with van der Waals surface area (Å²) >= 11 is 0. The van der Waals surface area contributed by atoms with Gasteiger partial charge >= 0.3 is 0 Å². The zero-order valence-corrected chi connectivity index (χ0v) is 9.94. The van der Waals surface area contributed by atoms with Crippen molar-refractivity contribution in [1.82, 2.24) is 14.3 Å². The summed E-state index contributed by atoms with van der Waals surface area (Å²) in [5.74, 6) is 0.922. The van der Waals surface area contributed by atoms with Crippen LogP contribution in [0.4, 0.5) is 0 Å². The normalized spacial score (nSPS) is 11.0. The predicted octanol–water partition coefficient (Wildman–Crippen LogP) is 1.36. The van der Waals surface area contributed by atoms with Crippen LogP contribution >= 0.6 is 0 Å². The molecule has 0 aromatic carbocycles. The van der Waals surface area contributed by atoms with E-state index in [1.54, 1.807) is 0 Å². The van der Waals surface area contributed by atoms with E-state index >= 15 is 0 Å². The molecule has 0 saturated heterocycles. The third-order valence-corrected chi connectivity index (χ3v) is 2.83. The van der Waals surface area contributed by atoms with Gasteiger partial charge in [0.25, 0.3) is 0 Å². The molecule has 2 rings (SSSR count). The Kier molecular flexibility index (Phi) is 2.83. The molecule has 2 heterocycles. The molecule has 2 aromatic heterocycles. The fourth-order valence-corrected chi connectivity index (χ4v) is 1.98. The maximum absolute atomic E-state index is 8.95. The van der Waals surface area contributed by atoms with Crippen molar-refractivity contribution in [3.8, 4) is 5.82 Å². The van der Waals surface area contributed by atoms with Crippen molar-refractivity contribution in [2.24, 2.45) is 7.05 Å². The number of aliphatic hydroxyl groups is 1. The SMILES string of the molecule is Cc1ccc(C)n1-c1cc(CCO)n(C)n1. The largest absolute Gasteiger partial charge is 0.396 e. The smallest absolute Gasteiger partial charge is 0.159 e. The van der Waals surface area contributed by atoms with Gasteiger partial charge in [0.15, 0.2) is 5.82 Å². The van der Waals surface area contributed by atoms with E-state index in [4.69, 9.17) is 5.11 Å². The average Bonchev–Trinajstić information content (AvgIpc) is 2.73. The lowest BCUT2D eigenvalue weighted by Gasteiger charge is -2.03. The summed E-state index contributed by atoms with van der Waals surface area (Å²) in [6.45, 7) is 4.28. The molecule has 0 unspecified atom stereocenters. The quantitative estimate of drug-likeness (QED) is 0.847. The molecule has 0 saturated carbocycles. The number of nitrogens with zero attached hydrogens (tertiary/aromatic N) is 3. The molecule has 0 atom stereocenters. The second-order valence-corrected chi connectivity index (χ2v) is 4.04. The second-order valence-electron chi connectivity index (χ2n) is 4.04. The minimum atomic E-state index is 0.155. The highest BCUT2D eigenvalue weighted by Crippen LogP contribution is 2.16. The first kappa shape index (κ1) is 11.0. The van der Waals surface area contributed by atoms with Crippen LogP contribution in [0.15, 0.2) is 18.2 Å². The van der Waals surface area contributed by atoms with Crippen LogP contribution < -0.4 is 0 Å². The van der Waals surface area contributed by atoms with Crippen LogP contribution in [0.25, 0.3) is 5.82 Å².